The highest BCUT2D eigenvalue weighted by atomic mass is 79.9. The summed E-state index contributed by atoms with van der Waals surface area (Å²) in [4.78, 5) is 28.2. The molecule has 0 N–H and O–H groups in total. The van der Waals surface area contributed by atoms with Crippen LogP contribution in [0.4, 0.5) is 14.7 Å². The average molecular weight is 511 g/mol. The van der Waals surface area contributed by atoms with Crippen molar-refractivity contribution in [3.05, 3.63) is 34.8 Å². The Morgan fingerprint density at radius 1 is 1.23 bits per heavy atom. The van der Waals surface area contributed by atoms with E-state index in [1.807, 2.05) is 12.1 Å². The van der Waals surface area contributed by atoms with Crippen molar-refractivity contribution in [2.24, 2.45) is 0 Å². The zero-order valence-corrected chi connectivity index (χ0v) is 20.2. The van der Waals surface area contributed by atoms with Gasteiger partial charge in [0.1, 0.15) is 10.8 Å². The molecule has 0 saturated carbocycles. The number of aromatic nitrogens is 2. The molecule has 2 heterocycles. The number of urea groups is 1. The molecular weight excluding hydrogens is 484 g/mol. The fourth-order valence-electron chi connectivity index (χ4n) is 3.18. The van der Waals surface area contributed by atoms with Crippen LogP contribution >= 0.6 is 27.3 Å². The molecule has 2 amide bonds. The molecular formula is C21H27BrN4O4S. The minimum atomic E-state index is -0.858. The molecule has 168 valence electrons. The van der Waals surface area contributed by atoms with Gasteiger partial charge in [-0.05, 0) is 24.1 Å². The molecule has 1 atom stereocenters. The maximum Gasteiger partial charge on any atom is 0.515 e. The van der Waals surface area contributed by atoms with Gasteiger partial charge in [0.25, 0.3) is 0 Å². The van der Waals surface area contributed by atoms with E-state index < -0.39 is 12.4 Å². The second-order valence-electron chi connectivity index (χ2n) is 7.35. The average Bonchev–Trinajstić information content (AvgIpc) is 3.23. The second kappa shape index (κ2) is 11.4. The van der Waals surface area contributed by atoms with Gasteiger partial charge in [0.05, 0.1) is 0 Å². The number of ether oxygens (including phenoxy) is 2. The van der Waals surface area contributed by atoms with Crippen LogP contribution in [-0.4, -0.2) is 47.1 Å². The van der Waals surface area contributed by atoms with E-state index in [1.54, 1.807) is 24.1 Å². The van der Waals surface area contributed by atoms with E-state index in [4.69, 9.17) is 9.47 Å². The zero-order valence-electron chi connectivity index (χ0n) is 17.8. The Hall–Kier alpha value is -2.20. The van der Waals surface area contributed by atoms with Crippen LogP contribution in [0.1, 0.15) is 49.6 Å². The van der Waals surface area contributed by atoms with E-state index in [9.17, 15) is 9.59 Å². The number of hydrogen-bond acceptors (Lipinski definition) is 7. The highest BCUT2D eigenvalue weighted by Gasteiger charge is 2.37. The molecule has 0 aliphatic carbocycles. The molecule has 2 aromatic rings. The summed E-state index contributed by atoms with van der Waals surface area (Å²) >= 11 is 4.74. The number of benzene rings is 1. The van der Waals surface area contributed by atoms with E-state index in [0.717, 1.165) is 29.8 Å². The van der Waals surface area contributed by atoms with Crippen LogP contribution in [0.3, 0.4) is 0 Å². The lowest BCUT2D eigenvalue weighted by Crippen LogP contribution is -2.55. The third kappa shape index (κ3) is 6.39. The van der Waals surface area contributed by atoms with Crippen molar-refractivity contribution in [3.63, 3.8) is 0 Å². The van der Waals surface area contributed by atoms with Crippen molar-refractivity contribution in [1.82, 2.24) is 15.1 Å². The number of aryl methyl sites for hydroxylation is 1. The standard InChI is InChI=1S/C21H27BrN4O4S/c1-3-4-5-6-7-17-23-24-19(31-17)26-18(12-13-25(2)20(26)27)30-21(28)29-16-10-8-15(14-22)9-11-16/h8-11,18H,3-7,12-14H2,1-2H3. The van der Waals surface area contributed by atoms with Crippen LogP contribution in [0.2, 0.25) is 0 Å². The Kier molecular flexibility index (Phi) is 8.65. The summed E-state index contributed by atoms with van der Waals surface area (Å²) < 4.78 is 10.8. The molecule has 0 bridgehead atoms. The predicted molar refractivity (Wildman–Crippen MR) is 123 cm³/mol. The third-order valence-corrected chi connectivity index (χ3v) is 6.58. The van der Waals surface area contributed by atoms with Crippen LogP contribution < -0.4 is 9.64 Å². The lowest BCUT2D eigenvalue weighted by Gasteiger charge is -2.36. The van der Waals surface area contributed by atoms with Crippen LogP contribution in [0, 0.1) is 0 Å². The largest absolute Gasteiger partial charge is 0.515 e. The highest BCUT2D eigenvalue weighted by molar-refractivity contribution is 9.08. The molecule has 1 aliphatic rings. The first kappa shape index (κ1) is 23.5. The van der Waals surface area contributed by atoms with E-state index in [1.165, 1.54) is 29.1 Å². The molecule has 1 aromatic carbocycles. The molecule has 31 heavy (non-hydrogen) atoms. The quantitative estimate of drug-likeness (QED) is 0.195. The highest BCUT2D eigenvalue weighted by Crippen LogP contribution is 2.29. The van der Waals surface area contributed by atoms with Gasteiger partial charge in [-0.25, -0.2) is 14.5 Å². The minimum Gasteiger partial charge on any atom is -0.409 e. The van der Waals surface area contributed by atoms with Crippen molar-refractivity contribution in [1.29, 1.82) is 0 Å². The van der Waals surface area contributed by atoms with Gasteiger partial charge in [-0.3, -0.25) is 0 Å². The van der Waals surface area contributed by atoms with Gasteiger partial charge in [-0.2, -0.15) is 0 Å². The van der Waals surface area contributed by atoms with Gasteiger partial charge < -0.3 is 14.4 Å². The predicted octanol–water partition coefficient (Wildman–Crippen LogP) is 5.36. The Bertz CT molecular complexity index is 877. The number of nitrogens with zero attached hydrogens (tertiary/aromatic N) is 4. The third-order valence-electron chi connectivity index (χ3n) is 4.95. The minimum absolute atomic E-state index is 0.278. The molecule has 0 spiro atoms. The Morgan fingerprint density at radius 2 is 2.00 bits per heavy atom. The zero-order chi connectivity index (χ0) is 22.2. The van der Waals surface area contributed by atoms with E-state index in [-0.39, 0.29) is 6.03 Å². The normalized spacial score (nSPS) is 16.5. The Balaban J connectivity index is 1.65. The van der Waals surface area contributed by atoms with Gasteiger partial charge in [-0.15, -0.1) is 10.2 Å². The molecule has 3 rings (SSSR count). The molecule has 1 aromatic heterocycles. The maximum absolute atomic E-state index is 12.8. The number of amides is 2. The van der Waals surface area contributed by atoms with Crippen LogP contribution in [-0.2, 0) is 16.5 Å². The van der Waals surface area contributed by atoms with Crippen molar-refractivity contribution in [2.75, 3.05) is 18.5 Å². The number of alkyl halides is 1. The van der Waals surface area contributed by atoms with E-state index in [0.29, 0.717) is 29.2 Å². The number of rotatable bonds is 9. The lowest BCUT2D eigenvalue weighted by molar-refractivity contribution is 0.0434. The topological polar surface area (TPSA) is 84.9 Å². The lowest BCUT2D eigenvalue weighted by atomic mass is 10.2. The van der Waals surface area contributed by atoms with Gasteiger partial charge >= 0.3 is 12.2 Å². The molecule has 1 aliphatic heterocycles. The summed E-state index contributed by atoms with van der Waals surface area (Å²) in [5.74, 6) is 0.380. The first-order valence-electron chi connectivity index (χ1n) is 10.4. The fraction of sp³-hybridized carbons (Fsp3) is 0.524. The van der Waals surface area contributed by atoms with Crippen molar-refractivity contribution < 1.29 is 19.1 Å². The van der Waals surface area contributed by atoms with Crippen molar-refractivity contribution in [3.8, 4) is 5.75 Å². The van der Waals surface area contributed by atoms with Gasteiger partial charge in [0.2, 0.25) is 5.13 Å². The summed E-state index contributed by atoms with van der Waals surface area (Å²) in [5.41, 5.74) is 1.06. The number of halogens is 1. The van der Waals surface area contributed by atoms with Gasteiger partial charge in [0.15, 0.2) is 6.23 Å². The molecule has 10 heteroatoms. The molecule has 1 saturated heterocycles. The van der Waals surface area contributed by atoms with E-state index in [2.05, 4.69) is 33.1 Å². The van der Waals surface area contributed by atoms with Crippen LogP contribution in [0.15, 0.2) is 24.3 Å². The Morgan fingerprint density at radius 3 is 2.71 bits per heavy atom. The fourth-order valence-corrected chi connectivity index (χ4v) is 4.46. The number of unbranched alkanes of at least 4 members (excludes halogenated alkanes) is 3. The summed E-state index contributed by atoms with van der Waals surface area (Å²) in [6.07, 6.45) is 4.17. The number of hydrogen-bond donors (Lipinski definition) is 0. The summed E-state index contributed by atoms with van der Waals surface area (Å²) in [6, 6.07) is 6.83. The van der Waals surface area contributed by atoms with E-state index >= 15 is 0 Å². The first-order chi connectivity index (χ1) is 15.0. The molecule has 1 unspecified atom stereocenters. The summed E-state index contributed by atoms with van der Waals surface area (Å²) in [7, 11) is 1.71. The van der Waals surface area contributed by atoms with Gasteiger partial charge in [-0.1, -0.05) is 65.6 Å². The summed E-state index contributed by atoms with van der Waals surface area (Å²) in [6.45, 7) is 2.64. The molecule has 8 nitrogen and oxygen atoms in total. The number of carbonyl (C=O) groups is 2. The smallest absolute Gasteiger partial charge is 0.409 e. The Labute approximate surface area is 194 Å². The first-order valence-corrected chi connectivity index (χ1v) is 12.4. The molecule has 0 radical (unpaired) electrons. The number of carbonyl (C=O) groups excluding carboxylic acids is 2. The van der Waals surface area contributed by atoms with Crippen molar-refractivity contribution >= 4 is 44.6 Å². The van der Waals surface area contributed by atoms with Crippen LogP contribution in [0.25, 0.3) is 0 Å². The second-order valence-corrected chi connectivity index (χ2v) is 8.96. The number of anilines is 1. The summed E-state index contributed by atoms with van der Waals surface area (Å²) in [5, 5.41) is 10.4. The van der Waals surface area contributed by atoms with Gasteiger partial charge in [0, 0.05) is 31.8 Å². The maximum atomic E-state index is 12.8. The van der Waals surface area contributed by atoms with Crippen molar-refractivity contribution in [2.45, 2.75) is 57.0 Å². The SMILES string of the molecule is CCCCCCc1nnc(N2C(=O)N(C)CCC2OC(=O)Oc2ccc(CBr)cc2)s1. The van der Waals surface area contributed by atoms with Crippen LogP contribution in [0.5, 0.6) is 5.75 Å². The monoisotopic (exact) mass is 510 g/mol. The molecule has 1 fully saturated rings.